The summed E-state index contributed by atoms with van der Waals surface area (Å²) >= 11 is 0. The van der Waals surface area contributed by atoms with E-state index in [1.54, 1.807) is 0 Å². The normalized spacial score (nSPS) is 13.5. The molecule has 1 heteroatoms. The van der Waals surface area contributed by atoms with Gasteiger partial charge in [-0.3, -0.25) is 0 Å². The molecule has 0 N–H and O–H groups in total. The quantitative estimate of drug-likeness (QED) is 0.156. The highest BCUT2D eigenvalue weighted by atomic mass is 15.1. The number of fused-ring (bicyclic) bond motifs is 6. The summed E-state index contributed by atoms with van der Waals surface area (Å²) in [5.74, 6) is 0. The highest BCUT2D eigenvalue weighted by Gasteiger charge is 2.48. The third-order valence-electron chi connectivity index (χ3n) is 12.9. The Morgan fingerprint density at radius 1 is 0.344 bits per heavy atom. The lowest BCUT2D eigenvalue weighted by molar-refractivity contribution is 0.660. The number of nitrogens with zero attached hydrogens (tertiary/aromatic N) is 1. The van der Waals surface area contributed by atoms with Crippen molar-refractivity contribution in [1.82, 2.24) is 0 Å². The van der Waals surface area contributed by atoms with Crippen LogP contribution in [0.1, 0.15) is 63.9 Å². The van der Waals surface area contributed by atoms with Gasteiger partial charge >= 0.3 is 0 Å². The van der Waals surface area contributed by atoms with Gasteiger partial charge in [0.25, 0.3) is 0 Å². The molecule has 9 aromatic carbocycles. The summed E-state index contributed by atoms with van der Waals surface area (Å²) in [5, 5.41) is 0. The van der Waals surface area contributed by atoms with Crippen molar-refractivity contribution in [2.45, 2.75) is 38.0 Å². The fourth-order valence-corrected chi connectivity index (χ4v) is 9.98. The second-order valence-electron chi connectivity index (χ2n) is 17.0. The van der Waals surface area contributed by atoms with Gasteiger partial charge in [0.2, 0.25) is 0 Å². The van der Waals surface area contributed by atoms with Crippen molar-refractivity contribution in [3.05, 3.63) is 281 Å². The van der Waals surface area contributed by atoms with Crippen LogP contribution in [-0.2, 0) is 17.3 Å². The molecule has 294 valence electrons. The zero-order valence-corrected chi connectivity index (χ0v) is 35.1. The van der Waals surface area contributed by atoms with E-state index >= 15 is 0 Å². The van der Waals surface area contributed by atoms with Crippen LogP contribution in [0, 0.1) is 6.92 Å². The fraction of sp³-hybridized carbons (Fsp3) is 0.100. The second-order valence-corrected chi connectivity index (χ2v) is 17.0. The maximum absolute atomic E-state index is 2.54. The molecule has 2 aliphatic carbocycles. The highest BCUT2D eigenvalue weighted by Crippen LogP contribution is 2.60. The standard InChI is InChI=1S/C47H37N.C13H12/c1-32-24-26-39-41-30-43-40(31-45(41)47(44(39)28-32,33-16-8-4-9-17-33)34-18-10-5-11-19-34)38-27-25-37(29-42(38)46(43,2)3)48(35-20-12-6-13-21-35)36-22-14-7-15-23-36;1-3-7-12(8-4-1)11-13-9-5-2-6-10-13/h4-31H,1-3H3;1-10H,11H2. The van der Waals surface area contributed by atoms with E-state index in [9.17, 15) is 0 Å². The molecule has 0 unspecified atom stereocenters. The number of anilines is 3. The van der Waals surface area contributed by atoms with Crippen molar-refractivity contribution in [1.29, 1.82) is 0 Å². The minimum absolute atomic E-state index is 0.176. The molecular weight excluding hydrogens is 735 g/mol. The molecule has 11 rings (SSSR count). The van der Waals surface area contributed by atoms with Crippen LogP contribution in [-0.4, -0.2) is 0 Å². The van der Waals surface area contributed by atoms with Crippen LogP contribution in [0.25, 0.3) is 22.3 Å². The summed E-state index contributed by atoms with van der Waals surface area (Å²) in [7, 11) is 0. The van der Waals surface area contributed by atoms with Crippen molar-refractivity contribution >= 4 is 17.1 Å². The second kappa shape index (κ2) is 15.8. The van der Waals surface area contributed by atoms with Gasteiger partial charge in [-0.05, 0) is 129 Å². The minimum atomic E-state index is -0.418. The van der Waals surface area contributed by atoms with Crippen LogP contribution in [0.5, 0.6) is 0 Å². The number of hydrogen-bond acceptors (Lipinski definition) is 1. The lowest BCUT2D eigenvalue weighted by atomic mass is 9.67. The van der Waals surface area contributed by atoms with Gasteiger partial charge in [-0.2, -0.15) is 0 Å². The largest absolute Gasteiger partial charge is 0.310 e. The van der Waals surface area contributed by atoms with Crippen molar-refractivity contribution in [2.75, 3.05) is 4.90 Å². The third kappa shape index (κ3) is 6.68. The van der Waals surface area contributed by atoms with Crippen LogP contribution >= 0.6 is 0 Å². The van der Waals surface area contributed by atoms with Gasteiger partial charge in [-0.15, -0.1) is 0 Å². The molecule has 0 aromatic heterocycles. The Hall–Kier alpha value is -7.22. The molecule has 0 saturated carbocycles. The Balaban J connectivity index is 0.000000293. The summed E-state index contributed by atoms with van der Waals surface area (Å²) < 4.78 is 0. The topological polar surface area (TPSA) is 3.24 Å². The van der Waals surface area contributed by atoms with E-state index in [4.69, 9.17) is 0 Å². The first-order chi connectivity index (χ1) is 29.9. The fourth-order valence-electron chi connectivity index (χ4n) is 9.98. The van der Waals surface area contributed by atoms with Gasteiger partial charge in [-0.25, -0.2) is 0 Å². The Kier molecular flexibility index (Phi) is 9.82. The zero-order valence-electron chi connectivity index (χ0n) is 35.1. The highest BCUT2D eigenvalue weighted by molar-refractivity contribution is 5.93. The molecule has 0 bridgehead atoms. The van der Waals surface area contributed by atoms with Crippen LogP contribution in [0.4, 0.5) is 17.1 Å². The SMILES string of the molecule is Cc1ccc2c(c1)C(c1ccccc1)(c1ccccc1)c1cc3c(cc1-2)C(C)(C)c1cc(N(c2ccccc2)c2ccccc2)ccc1-3.c1ccc(Cc2ccccc2)cc1. The molecule has 9 aromatic rings. The average Bonchev–Trinajstić information content (AvgIpc) is 3.72. The summed E-state index contributed by atoms with van der Waals surface area (Å²) in [4.78, 5) is 2.37. The minimum Gasteiger partial charge on any atom is -0.310 e. The molecule has 0 saturated heterocycles. The van der Waals surface area contributed by atoms with E-state index in [0.29, 0.717) is 0 Å². The zero-order chi connectivity index (χ0) is 41.4. The maximum Gasteiger partial charge on any atom is 0.0713 e. The molecule has 0 spiro atoms. The summed E-state index contributed by atoms with van der Waals surface area (Å²) in [5.41, 5.74) is 20.3. The first-order valence-electron chi connectivity index (χ1n) is 21.5. The maximum atomic E-state index is 2.54. The van der Waals surface area contributed by atoms with Crippen LogP contribution in [0.3, 0.4) is 0 Å². The van der Waals surface area contributed by atoms with Gasteiger partial charge in [0.05, 0.1) is 5.41 Å². The van der Waals surface area contributed by atoms with Crippen LogP contribution in [0.15, 0.2) is 231 Å². The molecule has 0 amide bonds. The molecule has 0 aliphatic heterocycles. The Morgan fingerprint density at radius 2 is 0.738 bits per heavy atom. The van der Waals surface area contributed by atoms with Crippen LogP contribution in [0.2, 0.25) is 0 Å². The first kappa shape index (κ1) is 38.0. The van der Waals surface area contributed by atoms with Gasteiger partial charge in [0.1, 0.15) is 0 Å². The van der Waals surface area contributed by atoms with E-state index in [0.717, 1.165) is 17.8 Å². The number of para-hydroxylation sites is 2. The molecular formula is C60H49N. The third-order valence-corrected chi connectivity index (χ3v) is 12.9. The predicted molar refractivity (Wildman–Crippen MR) is 256 cm³/mol. The van der Waals surface area contributed by atoms with Crippen molar-refractivity contribution in [2.24, 2.45) is 0 Å². The van der Waals surface area contributed by atoms with E-state index in [1.807, 2.05) is 0 Å². The monoisotopic (exact) mass is 783 g/mol. The van der Waals surface area contributed by atoms with Crippen molar-refractivity contribution in [3.8, 4) is 22.3 Å². The molecule has 2 aliphatic rings. The Morgan fingerprint density at radius 3 is 1.26 bits per heavy atom. The lowest BCUT2D eigenvalue weighted by Crippen LogP contribution is -2.28. The molecule has 0 atom stereocenters. The van der Waals surface area contributed by atoms with Gasteiger partial charge in [0.15, 0.2) is 0 Å². The summed E-state index contributed by atoms with van der Waals surface area (Å²) in [6.07, 6.45) is 1.03. The predicted octanol–water partition coefficient (Wildman–Crippen LogP) is 15.4. The number of hydrogen-bond donors (Lipinski definition) is 0. The van der Waals surface area contributed by atoms with Crippen molar-refractivity contribution < 1.29 is 0 Å². The number of aryl methyl sites for hydroxylation is 1. The van der Waals surface area contributed by atoms with E-state index in [1.165, 1.54) is 78.0 Å². The molecule has 0 fully saturated rings. The van der Waals surface area contributed by atoms with Gasteiger partial charge in [0, 0.05) is 22.5 Å². The average molecular weight is 784 g/mol. The molecule has 61 heavy (non-hydrogen) atoms. The smallest absolute Gasteiger partial charge is 0.0713 e. The van der Waals surface area contributed by atoms with Crippen LogP contribution < -0.4 is 4.90 Å². The first-order valence-corrected chi connectivity index (χ1v) is 21.5. The van der Waals surface area contributed by atoms with E-state index < -0.39 is 5.41 Å². The Bertz CT molecular complexity index is 2820. The van der Waals surface area contributed by atoms with E-state index in [2.05, 4.69) is 256 Å². The van der Waals surface area contributed by atoms with E-state index in [-0.39, 0.29) is 5.41 Å². The molecule has 0 heterocycles. The number of benzene rings is 9. The summed E-state index contributed by atoms with van der Waals surface area (Å²) in [6, 6.07) is 83.9. The van der Waals surface area contributed by atoms with Crippen molar-refractivity contribution in [3.63, 3.8) is 0 Å². The van der Waals surface area contributed by atoms with Gasteiger partial charge < -0.3 is 4.90 Å². The number of rotatable bonds is 7. The molecule has 0 radical (unpaired) electrons. The Labute approximate surface area is 361 Å². The van der Waals surface area contributed by atoms with Gasteiger partial charge in [-0.1, -0.05) is 201 Å². The molecule has 1 nitrogen and oxygen atoms in total. The summed E-state index contributed by atoms with van der Waals surface area (Å²) in [6.45, 7) is 7.01. The lowest BCUT2D eigenvalue weighted by Gasteiger charge is -2.34.